The molecular formula is C15H22O2. The lowest BCUT2D eigenvalue weighted by molar-refractivity contribution is -0.0307. The molecule has 0 saturated heterocycles. The molecule has 2 heteroatoms. The Morgan fingerprint density at radius 1 is 1.29 bits per heavy atom. The van der Waals surface area contributed by atoms with Gasteiger partial charge in [0.15, 0.2) is 0 Å². The molecule has 1 aromatic rings. The van der Waals surface area contributed by atoms with E-state index in [2.05, 4.69) is 19.1 Å². The third kappa shape index (κ3) is 3.30. The van der Waals surface area contributed by atoms with Crippen LogP contribution in [0.3, 0.4) is 0 Å². The summed E-state index contributed by atoms with van der Waals surface area (Å²) in [6.07, 6.45) is 3.29. The van der Waals surface area contributed by atoms with Crippen LogP contribution in [0.2, 0.25) is 0 Å². The van der Waals surface area contributed by atoms with Gasteiger partial charge in [-0.1, -0.05) is 37.3 Å². The number of rotatable bonds is 6. The van der Waals surface area contributed by atoms with Crippen LogP contribution in [0.15, 0.2) is 30.3 Å². The van der Waals surface area contributed by atoms with E-state index >= 15 is 0 Å². The van der Waals surface area contributed by atoms with Crippen LogP contribution in [-0.2, 0) is 11.3 Å². The number of aliphatic hydroxyl groups is 1. The lowest BCUT2D eigenvalue weighted by Gasteiger charge is -2.45. The predicted octanol–water partition coefficient (Wildman–Crippen LogP) is 3.00. The Hall–Kier alpha value is -0.860. The summed E-state index contributed by atoms with van der Waals surface area (Å²) in [6, 6.07) is 10.2. The second kappa shape index (κ2) is 5.65. The van der Waals surface area contributed by atoms with E-state index in [1.165, 1.54) is 5.56 Å². The van der Waals surface area contributed by atoms with E-state index < -0.39 is 0 Å². The van der Waals surface area contributed by atoms with Crippen LogP contribution in [-0.4, -0.2) is 18.3 Å². The molecule has 0 amide bonds. The Labute approximate surface area is 104 Å². The van der Waals surface area contributed by atoms with Gasteiger partial charge in [0, 0.05) is 13.2 Å². The molecule has 94 valence electrons. The second-order valence-electron chi connectivity index (χ2n) is 5.46. The van der Waals surface area contributed by atoms with Crippen LogP contribution in [0.4, 0.5) is 0 Å². The topological polar surface area (TPSA) is 29.5 Å². The zero-order valence-corrected chi connectivity index (χ0v) is 10.6. The first kappa shape index (κ1) is 12.6. The van der Waals surface area contributed by atoms with Crippen molar-refractivity contribution in [2.45, 2.75) is 32.8 Å². The molecule has 0 heterocycles. The lowest BCUT2D eigenvalue weighted by Crippen LogP contribution is -2.40. The van der Waals surface area contributed by atoms with Crippen molar-refractivity contribution in [3.8, 4) is 0 Å². The first-order valence-corrected chi connectivity index (χ1v) is 6.47. The van der Waals surface area contributed by atoms with Crippen LogP contribution >= 0.6 is 0 Å². The van der Waals surface area contributed by atoms with Gasteiger partial charge in [0.1, 0.15) is 0 Å². The first-order valence-electron chi connectivity index (χ1n) is 6.47. The molecule has 2 nitrogen and oxygen atoms in total. The SMILES string of the molecule is CC1CC(CO)(CCOCc2ccccc2)C1. The summed E-state index contributed by atoms with van der Waals surface area (Å²) >= 11 is 0. The molecule has 1 fully saturated rings. The first-order chi connectivity index (χ1) is 8.24. The minimum absolute atomic E-state index is 0.163. The maximum Gasteiger partial charge on any atom is 0.0716 e. The monoisotopic (exact) mass is 234 g/mol. The van der Waals surface area contributed by atoms with Crippen molar-refractivity contribution >= 4 is 0 Å². The molecule has 1 N–H and O–H groups in total. The Morgan fingerprint density at radius 3 is 2.59 bits per heavy atom. The van der Waals surface area contributed by atoms with Gasteiger partial charge >= 0.3 is 0 Å². The van der Waals surface area contributed by atoms with Gasteiger partial charge in [0.25, 0.3) is 0 Å². The van der Waals surface area contributed by atoms with Crippen LogP contribution in [0.5, 0.6) is 0 Å². The number of benzene rings is 1. The third-order valence-corrected chi connectivity index (χ3v) is 3.79. The van der Waals surface area contributed by atoms with E-state index in [0.29, 0.717) is 13.2 Å². The highest BCUT2D eigenvalue weighted by molar-refractivity contribution is 5.13. The van der Waals surface area contributed by atoms with E-state index in [4.69, 9.17) is 4.74 Å². The van der Waals surface area contributed by atoms with Crippen LogP contribution in [0, 0.1) is 11.3 Å². The van der Waals surface area contributed by atoms with Crippen molar-refractivity contribution in [3.05, 3.63) is 35.9 Å². The molecule has 0 spiro atoms. The average Bonchev–Trinajstić information content (AvgIpc) is 2.33. The van der Waals surface area contributed by atoms with Gasteiger partial charge in [0.05, 0.1) is 6.61 Å². The van der Waals surface area contributed by atoms with E-state index in [-0.39, 0.29) is 5.41 Å². The normalized spacial score (nSPS) is 27.8. The summed E-state index contributed by atoms with van der Waals surface area (Å²) in [6.45, 7) is 3.99. The Kier molecular flexibility index (Phi) is 4.19. The fourth-order valence-electron chi connectivity index (χ4n) is 2.88. The average molecular weight is 234 g/mol. The smallest absolute Gasteiger partial charge is 0.0716 e. The van der Waals surface area contributed by atoms with E-state index in [1.807, 2.05) is 18.2 Å². The van der Waals surface area contributed by atoms with Gasteiger partial charge in [-0.25, -0.2) is 0 Å². The highest BCUT2D eigenvalue weighted by Gasteiger charge is 2.40. The van der Waals surface area contributed by atoms with Crippen LogP contribution in [0.1, 0.15) is 31.7 Å². The summed E-state index contributed by atoms with van der Waals surface area (Å²) < 4.78 is 5.68. The predicted molar refractivity (Wildman–Crippen MR) is 68.6 cm³/mol. The third-order valence-electron chi connectivity index (χ3n) is 3.79. The van der Waals surface area contributed by atoms with Crippen molar-refractivity contribution in [1.29, 1.82) is 0 Å². The van der Waals surface area contributed by atoms with Crippen molar-refractivity contribution in [1.82, 2.24) is 0 Å². The summed E-state index contributed by atoms with van der Waals surface area (Å²) in [5.74, 6) is 0.774. The van der Waals surface area contributed by atoms with Crippen LogP contribution in [0.25, 0.3) is 0 Å². The molecule has 1 aromatic carbocycles. The number of hydrogen-bond donors (Lipinski definition) is 1. The van der Waals surface area contributed by atoms with Gasteiger partial charge in [-0.05, 0) is 36.2 Å². The fraction of sp³-hybridized carbons (Fsp3) is 0.600. The summed E-state index contributed by atoms with van der Waals surface area (Å²) in [5, 5.41) is 9.42. The van der Waals surface area contributed by atoms with E-state index in [0.717, 1.165) is 31.8 Å². The molecule has 2 rings (SSSR count). The number of ether oxygens (including phenoxy) is 1. The highest BCUT2D eigenvalue weighted by atomic mass is 16.5. The quantitative estimate of drug-likeness (QED) is 0.767. The zero-order chi connectivity index (χ0) is 12.1. The summed E-state index contributed by atoms with van der Waals surface area (Å²) in [7, 11) is 0. The summed E-state index contributed by atoms with van der Waals surface area (Å²) in [5.41, 5.74) is 1.38. The van der Waals surface area contributed by atoms with Crippen LogP contribution < -0.4 is 0 Å². The van der Waals surface area contributed by atoms with Gasteiger partial charge in [-0.2, -0.15) is 0 Å². The molecule has 17 heavy (non-hydrogen) atoms. The van der Waals surface area contributed by atoms with Gasteiger partial charge in [0.2, 0.25) is 0 Å². The standard InChI is InChI=1S/C15H22O2/c1-13-9-15(10-13,12-16)7-8-17-11-14-5-3-2-4-6-14/h2-6,13,16H,7-12H2,1H3. The molecule has 1 aliphatic carbocycles. The molecule has 0 atom stereocenters. The lowest BCUT2D eigenvalue weighted by atomic mass is 9.61. The van der Waals surface area contributed by atoms with E-state index in [1.54, 1.807) is 0 Å². The molecule has 0 aromatic heterocycles. The molecule has 0 unspecified atom stereocenters. The van der Waals surface area contributed by atoms with Crippen molar-refractivity contribution in [3.63, 3.8) is 0 Å². The Morgan fingerprint density at radius 2 is 2.00 bits per heavy atom. The molecule has 0 bridgehead atoms. The van der Waals surface area contributed by atoms with Gasteiger partial charge < -0.3 is 9.84 Å². The number of hydrogen-bond acceptors (Lipinski definition) is 2. The molecular weight excluding hydrogens is 212 g/mol. The zero-order valence-electron chi connectivity index (χ0n) is 10.6. The van der Waals surface area contributed by atoms with Crippen molar-refractivity contribution in [2.75, 3.05) is 13.2 Å². The largest absolute Gasteiger partial charge is 0.396 e. The molecule has 0 aliphatic heterocycles. The Bertz CT molecular complexity index is 328. The number of aliphatic hydroxyl groups excluding tert-OH is 1. The highest BCUT2D eigenvalue weighted by Crippen LogP contribution is 2.47. The van der Waals surface area contributed by atoms with Crippen molar-refractivity contribution < 1.29 is 9.84 Å². The molecule has 1 saturated carbocycles. The second-order valence-corrected chi connectivity index (χ2v) is 5.46. The minimum Gasteiger partial charge on any atom is -0.396 e. The fourth-order valence-corrected chi connectivity index (χ4v) is 2.88. The minimum atomic E-state index is 0.163. The van der Waals surface area contributed by atoms with Gasteiger partial charge in [-0.3, -0.25) is 0 Å². The summed E-state index contributed by atoms with van der Waals surface area (Å²) in [4.78, 5) is 0. The van der Waals surface area contributed by atoms with E-state index in [9.17, 15) is 5.11 Å². The van der Waals surface area contributed by atoms with Crippen molar-refractivity contribution in [2.24, 2.45) is 11.3 Å². The molecule has 1 aliphatic rings. The van der Waals surface area contributed by atoms with Gasteiger partial charge in [-0.15, -0.1) is 0 Å². The molecule has 0 radical (unpaired) electrons. The maximum atomic E-state index is 9.42. The Balaban J connectivity index is 1.66. The maximum absolute atomic E-state index is 9.42.